The van der Waals surface area contributed by atoms with Crippen LogP contribution in [0.25, 0.3) is 0 Å². The van der Waals surface area contributed by atoms with Crippen molar-refractivity contribution in [3.63, 3.8) is 0 Å². The Morgan fingerprint density at radius 1 is 1.29 bits per heavy atom. The molecule has 0 aliphatic heterocycles. The van der Waals surface area contributed by atoms with Gasteiger partial charge in [0.15, 0.2) is 0 Å². The molecule has 2 rings (SSSR count). The summed E-state index contributed by atoms with van der Waals surface area (Å²) < 4.78 is 3.11. The van der Waals surface area contributed by atoms with Gasteiger partial charge in [-0.3, -0.25) is 4.68 Å². The Morgan fingerprint density at radius 3 is 2.43 bits per heavy atom. The molecule has 1 atom stereocenters. The molecule has 1 aromatic carbocycles. The van der Waals surface area contributed by atoms with Crippen LogP contribution in [0.15, 0.2) is 28.7 Å². The lowest BCUT2D eigenvalue weighted by Gasteiger charge is -2.26. The summed E-state index contributed by atoms with van der Waals surface area (Å²) in [5.41, 5.74) is 9.39. The first-order valence-electron chi connectivity index (χ1n) is 7.18. The smallest absolute Gasteiger partial charge is 0.0766 e. The normalized spacial score (nSPS) is 14.2. The van der Waals surface area contributed by atoms with Crippen molar-refractivity contribution in [1.82, 2.24) is 9.78 Å². The van der Waals surface area contributed by atoms with Gasteiger partial charge in [0, 0.05) is 23.5 Å². The van der Waals surface area contributed by atoms with Crippen LogP contribution in [-0.2, 0) is 24.9 Å². The zero-order valence-corrected chi connectivity index (χ0v) is 15.0. The average Bonchev–Trinajstić information content (AvgIpc) is 2.75. The summed E-state index contributed by atoms with van der Waals surface area (Å²) in [4.78, 5) is 0. The zero-order chi connectivity index (χ0) is 15.6. The van der Waals surface area contributed by atoms with Gasteiger partial charge in [0.2, 0.25) is 0 Å². The molecule has 0 aliphatic rings. The van der Waals surface area contributed by atoms with E-state index in [1.807, 2.05) is 35.9 Å². The van der Waals surface area contributed by atoms with E-state index in [2.05, 4.69) is 34.9 Å². The standard InChI is InChI=1S/C16H21BrClN3/c1-4-13-15(17)14(21(5-2)20-13)10-16(3,19)11-6-8-12(18)9-7-11/h6-9H,4-5,10,19H2,1-3H3. The first-order chi connectivity index (χ1) is 9.89. The molecule has 0 spiro atoms. The third-order valence-electron chi connectivity index (χ3n) is 3.73. The van der Waals surface area contributed by atoms with Crippen molar-refractivity contribution >= 4 is 27.5 Å². The summed E-state index contributed by atoms with van der Waals surface area (Å²) in [5.74, 6) is 0. The highest BCUT2D eigenvalue weighted by molar-refractivity contribution is 9.10. The summed E-state index contributed by atoms with van der Waals surface area (Å²) in [6, 6.07) is 7.74. The molecule has 2 N–H and O–H groups in total. The zero-order valence-electron chi connectivity index (χ0n) is 12.7. The van der Waals surface area contributed by atoms with E-state index >= 15 is 0 Å². The second-order valence-electron chi connectivity index (χ2n) is 5.48. The molecule has 1 unspecified atom stereocenters. The number of hydrogen-bond donors (Lipinski definition) is 1. The van der Waals surface area contributed by atoms with Gasteiger partial charge in [0.25, 0.3) is 0 Å². The minimum Gasteiger partial charge on any atom is -0.321 e. The number of halogens is 2. The Hall–Kier alpha value is -0.840. The van der Waals surface area contributed by atoms with Crippen LogP contribution in [0, 0.1) is 0 Å². The van der Waals surface area contributed by atoms with E-state index in [1.54, 1.807) is 0 Å². The topological polar surface area (TPSA) is 43.8 Å². The number of aryl methyl sites for hydroxylation is 2. The number of benzene rings is 1. The van der Waals surface area contributed by atoms with Gasteiger partial charge in [0.05, 0.1) is 15.9 Å². The molecule has 0 saturated carbocycles. The van der Waals surface area contributed by atoms with Crippen LogP contribution >= 0.6 is 27.5 Å². The molecular weight excluding hydrogens is 350 g/mol. The molecule has 0 amide bonds. The number of nitrogens with zero attached hydrogens (tertiary/aromatic N) is 2. The lowest BCUT2D eigenvalue weighted by molar-refractivity contribution is 0.462. The highest BCUT2D eigenvalue weighted by Crippen LogP contribution is 2.30. The van der Waals surface area contributed by atoms with Gasteiger partial charge in [-0.2, -0.15) is 5.10 Å². The molecule has 3 nitrogen and oxygen atoms in total. The summed E-state index contributed by atoms with van der Waals surface area (Å²) in [6.45, 7) is 7.09. The second kappa shape index (κ2) is 6.51. The molecule has 0 fully saturated rings. The Labute approximate surface area is 139 Å². The summed E-state index contributed by atoms with van der Waals surface area (Å²) in [5, 5.41) is 5.36. The van der Waals surface area contributed by atoms with Crippen molar-refractivity contribution in [3.8, 4) is 0 Å². The predicted octanol–water partition coefficient (Wildman–Crippen LogP) is 4.30. The van der Waals surface area contributed by atoms with Gasteiger partial charge in [-0.15, -0.1) is 0 Å². The van der Waals surface area contributed by atoms with Crippen LogP contribution in [0.2, 0.25) is 5.02 Å². The maximum absolute atomic E-state index is 6.56. The fourth-order valence-electron chi connectivity index (χ4n) is 2.47. The van der Waals surface area contributed by atoms with Crippen molar-refractivity contribution in [2.75, 3.05) is 0 Å². The van der Waals surface area contributed by atoms with Gasteiger partial charge < -0.3 is 5.73 Å². The first-order valence-corrected chi connectivity index (χ1v) is 8.35. The second-order valence-corrected chi connectivity index (χ2v) is 6.71. The van der Waals surface area contributed by atoms with Gasteiger partial charge in [-0.05, 0) is 53.9 Å². The molecular formula is C16H21BrClN3. The van der Waals surface area contributed by atoms with Crippen LogP contribution in [-0.4, -0.2) is 9.78 Å². The van der Waals surface area contributed by atoms with Gasteiger partial charge in [-0.1, -0.05) is 30.7 Å². The monoisotopic (exact) mass is 369 g/mol. The number of hydrogen-bond acceptors (Lipinski definition) is 2. The van der Waals surface area contributed by atoms with Crippen molar-refractivity contribution in [1.29, 1.82) is 0 Å². The van der Waals surface area contributed by atoms with Crippen LogP contribution < -0.4 is 5.73 Å². The molecule has 2 aromatic rings. The maximum atomic E-state index is 6.56. The maximum Gasteiger partial charge on any atom is 0.0766 e. The van der Waals surface area contributed by atoms with Crippen molar-refractivity contribution < 1.29 is 0 Å². The van der Waals surface area contributed by atoms with E-state index in [1.165, 1.54) is 0 Å². The molecule has 114 valence electrons. The molecule has 0 aliphatic carbocycles. The Balaban J connectivity index is 2.36. The van der Waals surface area contributed by atoms with E-state index in [-0.39, 0.29) is 0 Å². The predicted molar refractivity (Wildman–Crippen MR) is 91.7 cm³/mol. The van der Waals surface area contributed by atoms with Crippen LogP contribution in [0.4, 0.5) is 0 Å². The SMILES string of the molecule is CCc1nn(CC)c(CC(C)(N)c2ccc(Cl)cc2)c1Br. The largest absolute Gasteiger partial charge is 0.321 e. The summed E-state index contributed by atoms with van der Waals surface area (Å²) in [6.07, 6.45) is 1.62. The third-order valence-corrected chi connectivity index (χ3v) is 4.90. The summed E-state index contributed by atoms with van der Waals surface area (Å²) >= 11 is 9.63. The van der Waals surface area contributed by atoms with Crippen molar-refractivity contribution in [2.45, 2.75) is 45.7 Å². The van der Waals surface area contributed by atoms with E-state index in [9.17, 15) is 0 Å². The highest BCUT2D eigenvalue weighted by atomic mass is 79.9. The lowest BCUT2D eigenvalue weighted by atomic mass is 9.88. The fourth-order valence-corrected chi connectivity index (χ4v) is 3.30. The fraction of sp³-hybridized carbons (Fsp3) is 0.438. The molecule has 0 saturated heterocycles. The summed E-state index contributed by atoms with van der Waals surface area (Å²) in [7, 11) is 0. The quantitative estimate of drug-likeness (QED) is 0.853. The Bertz CT molecular complexity index is 617. The molecule has 0 radical (unpaired) electrons. The number of aromatic nitrogens is 2. The minimum atomic E-state index is -0.467. The molecule has 1 aromatic heterocycles. The Kier molecular flexibility index (Phi) is 5.12. The van der Waals surface area contributed by atoms with E-state index in [4.69, 9.17) is 17.3 Å². The van der Waals surface area contributed by atoms with E-state index in [0.717, 1.165) is 45.8 Å². The molecule has 1 heterocycles. The van der Waals surface area contributed by atoms with Gasteiger partial charge in [-0.25, -0.2) is 0 Å². The van der Waals surface area contributed by atoms with E-state index < -0.39 is 5.54 Å². The van der Waals surface area contributed by atoms with Crippen molar-refractivity contribution in [3.05, 3.63) is 50.7 Å². The van der Waals surface area contributed by atoms with Crippen molar-refractivity contribution in [2.24, 2.45) is 5.73 Å². The van der Waals surface area contributed by atoms with Crippen LogP contribution in [0.1, 0.15) is 37.7 Å². The van der Waals surface area contributed by atoms with Gasteiger partial charge >= 0.3 is 0 Å². The third kappa shape index (κ3) is 3.50. The highest BCUT2D eigenvalue weighted by Gasteiger charge is 2.26. The van der Waals surface area contributed by atoms with Gasteiger partial charge in [0.1, 0.15) is 0 Å². The van der Waals surface area contributed by atoms with Crippen LogP contribution in [0.5, 0.6) is 0 Å². The minimum absolute atomic E-state index is 0.467. The Morgan fingerprint density at radius 2 is 1.90 bits per heavy atom. The molecule has 0 bridgehead atoms. The molecule has 21 heavy (non-hydrogen) atoms. The van der Waals surface area contributed by atoms with E-state index in [0.29, 0.717) is 0 Å². The van der Waals surface area contributed by atoms with Crippen LogP contribution in [0.3, 0.4) is 0 Å². The lowest BCUT2D eigenvalue weighted by Crippen LogP contribution is -2.36. The molecule has 5 heteroatoms. The number of rotatable bonds is 5. The number of nitrogens with two attached hydrogens (primary N) is 1. The average molecular weight is 371 g/mol. The first kappa shape index (κ1) is 16.5.